The third-order valence-electron chi connectivity index (χ3n) is 5.76. The van der Waals surface area contributed by atoms with Gasteiger partial charge in [0.25, 0.3) is 5.69 Å². The summed E-state index contributed by atoms with van der Waals surface area (Å²) in [6, 6.07) is 16.9. The highest BCUT2D eigenvalue weighted by molar-refractivity contribution is 5.81. The predicted molar refractivity (Wildman–Crippen MR) is 119 cm³/mol. The van der Waals surface area contributed by atoms with E-state index in [2.05, 4.69) is 34.2 Å². The second-order valence-corrected chi connectivity index (χ2v) is 7.91. The molecule has 160 valence electrons. The number of benzene rings is 2. The molecule has 0 aliphatic carbocycles. The van der Waals surface area contributed by atoms with Crippen LogP contribution in [0.4, 0.5) is 11.4 Å². The van der Waals surface area contributed by atoms with Gasteiger partial charge in [-0.2, -0.15) is 0 Å². The molecule has 2 aromatic carbocycles. The lowest BCUT2D eigenvalue weighted by molar-refractivity contribution is -0.384. The van der Waals surface area contributed by atoms with Crippen LogP contribution in [0.3, 0.4) is 0 Å². The Bertz CT molecular complexity index is 833. The van der Waals surface area contributed by atoms with Crippen LogP contribution in [-0.2, 0) is 11.2 Å². The molecule has 1 amide bonds. The summed E-state index contributed by atoms with van der Waals surface area (Å²) >= 11 is 0. The van der Waals surface area contributed by atoms with Gasteiger partial charge in [0, 0.05) is 50.0 Å². The van der Waals surface area contributed by atoms with Gasteiger partial charge in [0.2, 0.25) is 5.91 Å². The molecule has 2 atom stereocenters. The van der Waals surface area contributed by atoms with Crippen molar-refractivity contribution in [1.82, 2.24) is 10.2 Å². The molecule has 1 aliphatic rings. The second kappa shape index (κ2) is 10.2. The third-order valence-corrected chi connectivity index (χ3v) is 5.76. The Morgan fingerprint density at radius 1 is 1.03 bits per heavy atom. The van der Waals surface area contributed by atoms with Crippen LogP contribution in [0.5, 0.6) is 0 Å². The fourth-order valence-electron chi connectivity index (χ4n) is 3.78. The molecule has 2 aromatic rings. The third kappa shape index (κ3) is 5.79. The Balaban J connectivity index is 1.44. The highest BCUT2D eigenvalue weighted by Crippen LogP contribution is 2.21. The number of carbonyl (C=O) groups excluding carboxylic acids is 1. The number of aryl methyl sites for hydroxylation is 1. The normalized spacial score (nSPS) is 16.7. The first-order valence-corrected chi connectivity index (χ1v) is 10.5. The molecule has 1 N–H and O–H groups in total. The maximum Gasteiger partial charge on any atom is 0.269 e. The number of nitro groups is 1. The molecule has 1 aliphatic heterocycles. The van der Waals surface area contributed by atoms with Gasteiger partial charge in [0.1, 0.15) is 0 Å². The molecular weight excluding hydrogens is 380 g/mol. The first-order chi connectivity index (χ1) is 14.4. The summed E-state index contributed by atoms with van der Waals surface area (Å²) in [5.41, 5.74) is 2.37. The number of rotatable bonds is 8. The quantitative estimate of drug-likeness (QED) is 0.534. The fourth-order valence-corrected chi connectivity index (χ4v) is 3.78. The number of non-ortho nitro benzene ring substituents is 1. The van der Waals surface area contributed by atoms with E-state index in [4.69, 9.17) is 0 Å². The summed E-state index contributed by atoms with van der Waals surface area (Å²) < 4.78 is 0. The van der Waals surface area contributed by atoms with Crippen molar-refractivity contribution in [3.05, 3.63) is 70.3 Å². The predicted octanol–water partition coefficient (Wildman–Crippen LogP) is 3.24. The molecular formula is C23H30N4O3. The number of piperazine rings is 1. The van der Waals surface area contributed by atoms with Gasteiger partial charge in [-0.25, -0.2) is 0 Å². The number of hydrogen-bond donors (Lipinski definition) is 1. The fraction of sp³-hybridized carbons (Fsp3) is 0.435. The van der Waals surface area contributed by atoms with Gasteiger partial charge in [0.05, 0.1) is 11.0 Å². The number of hydrogen-bond acceptors (Lipinski definition) is 5. The molecule has 1 heterocycles. The number of nitrogens with one attached hydrogen (secondary N) is 1. The smallest absolute Gasteiger partial charge is 0.269 e. The van der Waals surface area contributed by atoms with E-state index in [1.165, 1.54) is 17.7 Å². The second-order valence-electron chi connectivity index (χ2n) is 7.91. The average molecular weight is 411 g/mol. The van der Waals surface area contributed by atoms with Crippen LogP contribution in [-0.4, -0.2) is 54.0 Å². The lowest BCUT2D eigenvalue weighted by Gasteiger charge is -2.38. The van der Waals surface area contributed by atoms with Crippen LogP contribution in [0.2, 0.25) is 0 Å². The van der Waals surface area contributed by atoms with Gasteiger partial charge >= 0.3 is 0 Å². The highest BCUT2D eigenvalue weighted by Gasteiger charge is 2.26. The number of anilines is 1. The number of nitro benzene ring substituents is 1. The zero-order valence-corrected chi connectivity index (χ0v) is 17.7. The summed E-state index contributed by atoms with van der Waals surface area (Å²) in [7, 11) is 0. The molecule has 0 bridgehead atoms. The van der Waals surface area contributed by atoms with Crippen molar-refractivity contribution in [3.63, 3.8) is 0 Å². The first-order valence-electron chi connectivity index (χ1n) is 10.5. The van der Waals surface area contributed by atoms with Crippen LogP contribution in [0.25, 0.3) is 0 Å². The summed E-state index contributed by atoms with van der Waals surface area (Å²) in [5, 5.41) is 14.0. The molecule has 0 spiro atoms. The van der Waals surface area contributed by atoms with Crippen molar-refractivity contribution < 1.29 is 9.72 Å². The van der Waals surface area contributed by atoms with Crippen molar-refractivity contribution in [2.45, 2.75) is 38.8 Å². The zero-order valence-electron chi connectivity index (χ0n) is 17.7. The Morgan fingerprint density at radius 2 is 1.67 bits per heavy atom. The first kappa shape index (κ1) is 21.8. The summed E-state index contributed by atoms with van der Waals surface area (Å²) in [5.74, 6) is 0.0688. The van der Waals surface area contributed by atoms with Crippen molar-refractivity contribution >= 4 is 17.3 Å². The van der Waals surface area contributed by atoms with E-state index in [-0.39, 0.29) is 28.6 Å². The van der Waals surface area contributed by atoms with Crippen molar-refractivity contribution in [2.75, 3.05) is 31.1 Å². The van der Waals surface area contributed by atoms with Gasteiger partial charge in [-0.15, -0.1) is 0 Å². The van der Waals surface area contributed by atoms with Gasteiger partial charge in [-0.1, -0.05) is 30.3 Å². The Morgan fingerprint density at radius 3 is 2.27 bits per heavy atom. The van der Waals surface area contributed by atoms with Crippen molar-refractivity contribution in [3.8, 4) is 0 Å². The van der Waals surface area contributed by atoms with E-state index in [0.717, 1.165) is 44.7 Å². The van der Waals surface area contributed by atoms with Crippen molar-refractivity contribution in [1.29, 1.82) is 0 Å². The molecule has 0 radical (unpaired) electrons. The average Bonchev–Trinajstić information content (AvgIpc) is 2.78. The zero-order chi connectivity index (χ0) is 21.5. The molecule has 1 saturated heterocycles. The van der Waals surface area contributed by atoms with E-state index < -0.39 is 0 Å². The van der Waals surface area contributed by atoms with Crippen LogP contribution < -0.4 is 10.2 Å². The van der Waals surface area contributed by atoms with Crippen LogP contribution in [0.1, 0.15) is 25.8 Å². The molecule has 30 heavy (non-hydrogen) atoms. The largest absolute Gasteiger partial charge is 0.369 e. The van der Waals surface area contributed by atoms with Crippen molar-refractivity contribution in [2.24, 2.45) is 0 Å². The van der Waals surface area contributed by atoms with E-state index in [0.29, 0.717) is 0 Å². The van der Waals surface area contributed by atoms with E-state index in [1.54, 1.807) is 12.1 Å². The Hall–Kier alpha value is -2.93. The van der Waals surface area contributed by atoms with Gasteiger partial charge in [0.15, 0.2) is 0 Å². The van der Waals surface area contributed by atoms with Crippen LogP contribution >= 0.6 is 0 Å². The monoisotopic (exact) mass is 410 g/mol. The lowest BCUT2D eigenvalue weighted by Crippen LogP contribution is -2.54. The Kier molecular flexibility index (Phi) is 7.41. The SMILES string of the molecule is C[C@H](CCc1ccccc1)NC(=O)[C@H](C)N1CCN(c2ccc([N+](=O)[O-])cc2)CC1. The molecule has 7 nitrogen and oxygen atoms in total. The van der Waals surface area contributed by atoms with E-state index in [1.807, 2.05) is 25.1 Å². The number of amides is 1. The molecule has 1 fully saturated rings. The van der Waals surface area contributed by atoms with Gasteiger partial charge in [-0.3, -0.25) is 19.8 Å². The van der Waals surface area contributed by atoms with Crippen LogP contribution in [0.15, 0.2) is 54.6 Å². The minimum absolute atomic E-state index is 0.0688. The topological polar surface area (TPSA) is 78.7 Å². The molecule has 0 aromatic heterocycles. The van der Waals surface area contributed by atoms with Gasteiger partial charge < -0.3 is 10.2 Å². The minimum atomic E-state index is -0.386. The van der Waals surface area contributed by atoms with E-state index >= 15 is 0 Å². The van der Waals surface area contributed by atoms with Crippen LogP contribution in [0, 0.1) is 10.1 Å². The minimum Gasteiger partial charge on any atom is -0.369 e. The Labute approximate surface area is 177 Å². The summed E-state index contributed by atoms with van der Waals surface area (Å²) in [4.78, 5) is 27.5. The summed E-state index contributed by atoms with van der Waals surface area (Å²) in [6.45, 7) is 7.16. The molecule has 7 heteroatoms. The molecule has 0 saturated carbocycles. The lowest BCUT2D eigenvalue weighted by atomic mass is 10.1. The highest BCUT2D eigenvalue weighted by atomic mass is 16.6. The summed E-state index contributed by atoms with van der Waals surface area (Å²) in [6.07, 6.45) is 1.86. The molecule has 3 rings (SSSR count). The maximum absolute atomic E-state index is 12.7. The molecule has 0 unspecified atom stereocenters. The standard InChI is InChI=1S/C23H30N4O3/c1-18(8-9-20-6-4-3-5-7-20)24-23(28)19(2)25-14-16-26(17-15-25)21-10-12-22(13-11-21)27(29)30/h3-7,10-13,18-19H,8-9,14-17H2,1-2H3,(H,24,28)/t18-,19+/m1/s1. The van der Waals surface area contributed by atoms with Gasteiger partial charge in [-0.05, 0) is 44.4 Å². The number of carbonyl (C=O) groups is 1. The van der Waals surface area contributed by atoms with E-state index in [9.17, 15) is 14.9 Å². The maximum atomic E-state index is 12.7. The number of nitrogens with zero attached hydrogens (tertiary/aromatic N) is 3.